The van der Waals surface area contributed by atoms with Gasteiger partial charge in [-0.2, -0.15) is 5.10 Å². The molecule has 0 radical (unpaired) electrons. The summed E-state index contributed by atoms with van der Waals surface area (Å²) < 4.78 is 1.47. The summed E-state index contributed by atoms with van der Waals surface area (Å²) in [5, 5.41) is 27.6. The van der Waals surface area contributed by atoms with Gasteiger partial charge in [-0.05, 0) is 113 Å². The lowest BCUT2D eigenvalue weighted by Crippen LogP contribution is -2.49. The van der Waals surface area contributed by atoms with E-state index in [1.807, 2.05) is 26.0 Å². The van der Waals surface area contributed by atoms with Crippen molar-refractivity contribution in [3.05, 3.63) is 58.0 Å². The van der Waals surface area contributed by atoms with Crippen molar-refractivity contribution < 1.29 is 10.2 Å². The molecule has 1 spiro atoms. The second-order valence-corrected chi connectivity index (χ2v) is 13.0. The highest BCUT2D eigenvalue weighted by molar-refractivity contribution is 5.69. The van der Waals surface area contributed by atoms with E-state index in [-0.39, 0.29) is 23.1 Å². The number of likely N-dealkylation sites (N-methyl/N-ethyl adjacent to an activating group) is 1. The van der Waals surface area contributed by atoms with Crippen molar-refractivity contribution in [2.24, 2.45) is 5.41 Å². The number of phenolic OH excluding ortho intramolecular Hbond substituents is 2. The summed E-state index contributed by atoms with van der Waals surface area (Å²) in [6.45, 7) is 12.1. The fourth-order valence-electron chi connectivity index (χ4n) is 7.22. The number of hydrogen-bond acceptors (Lipinski definition) is 7. The van der Waals surface area contributed by atoms with Gasteiger partial charge in [0.1, 0.15) is 11.5 Å². The zero-order valence-electron chi connectivity index (χ0n) is 24.6. The third-order valence-corrected chi connectivity index (χ3v) is 9.94. The van der Waals surface area contributed by atoms with Gasteiger partial charge in [0.15, 0.2) is 5.82 Å². The van der Waals surface area contributed by atoms with Crippen LogP contribution in [0.15, 0.2) is 41.2 Å². The van der Waals surface area contributed by atoms with Crippen LogP contribution >= 0.6 is 0 Å². The summed E-state index contributed by atoms with van der Waals surface area (Å²) in [5.41, 5.74) is 3.13. The summed E-state index contributed by atoms with van der Waals surface area (Å²) in [5.74, 6) is 0.267. The predicted molar refractivity (Wildman–Crippen MR) is 161 cm³/mol. The molecular formula is C32H44N6O3. The van der Waals surface area contributed by atoms with Crippen molar-refractivity contribution in [3.63, 3.8) is 0 Å². The van der Waals surface area contributed by atoms with Gasteiger partial charge in [-0.15, -0.1) is 0 Å². The van der Waals surface area contributed by atoms with Gasteiger partial charge in [0, 0.05) is 25.2 Å². The smallest absolute Gasteiger partial charge is 0.348 e. The Balaban J connectivity index is 1.09. The molecule has 9 heteroatoms. The van der Waals surface area contributed by atoms with Crippen molar-refractivity contribution in [1.29, 1.82) is 0 Å². The van der Waals surface area contributed by atoms with Gasteiger partial charge >= 0.3 is 5.69 Å². The second-order valence-electron chi connectivity index (χ2n) is 13.0. The number of aromatic amines is 1. The first-order valence-electron chi connectivity index (χ1n) is 15.2. The van der Waals surface area contributed by atoms with E-state index in [0.717, 1.165) is 25.7 Å². The molecule has 0 aliphatic carbocycles. The molecule has 3 fully saturated rings. The largest absolute Gasteiger partial charge is 0.508 e. The lowest BCUT2D eigenvalue weighted by molar-refractivity contribution is 0.0195. The Kier molecular flexibility index (Phi) is 7.70. The highest BCUT2D eigenvalue weighted by Gasteiger charge is 2.39. The normalized spacial score (nSPS) is 22.2. The van der Waals surface area contributed by atoms with Gasteiger partial charge in [-0.1, -0.05) is 26.0 Å². The van der Waals surface area contributed by atoms with E-state index in [1.165, 1.54) is 74.5 Å². The molecule has 3 N–H and O–H groups in total. The number of benzene rings is 2. The van der Waals surface area contributed by atoms with Gasteiger partial charge in [-0.25, -0.2) is 14.5 Å². The predicted octanol–water partition coefficient (Wildman–Crippen LogP) is 4.14. The molecule has 0 unspecified atom stereocenters. The molecule has 220 valence electrons. The van der Waals surface area contributed by atoms with Crippen molar-refractivity contribution in [3.8, 4) is 28.6 Å². The van der Waals surface area contributed by atoms with Gasteiger partial charge in [0.05, 0.1) is 11.3 Å². The highest BCUT2D eigenvalue weighted by atomic mass is 16.3. The van der Waals surface area contributed by atoms with E-state index in [2.05, 4.69) is 44.1 Å². The molecule has 2 aromatic carbocycles. The molecule has 4 heterocycles. The minimum Gasteiger partial charge on any atom is -0.508 e. The van der Waals surface area contributed by atoms with Gasteiger partial charge in [0.2, 0.25) is 0 Å². The van der Waals surface area contributed by atoms with Crippen molar-refractivity contribution >= 4 is 0 Å². The molecule has 0 amide bonds. The van der Waals surface area contributed by atoms with Crippen LogP contribution < -0.4 is 5.69 Å². The first kappa shape index (κ1) is 28.0. The van der Waals surface area contributed by atoms with Crippen molar-refractivity contribution in [1.82, 2.24) is 29.5 Å². The molecule has 3 aliphatic rings. The van der Waals surface area contributed by atoms with Crippen molar-refractivity contribution in [2.45, 2.75) is 64.5 Å². The van der Waals surface area contributed by atoms with E-state index < -0.39 is 0 Å². The average Bonchev–Trinajstić information content (AvgIpc) is 3.56. The number of aromatic hydroxyl groups is 2. The van der Waals surface area contributed by atoms with Crippen LogP contribution in [0.1, 0.15) is 63.0 Å². The van der Waals surface area contributed by atoms with E-state index in [0.29, 0.717) is 28.1 Å². The summed E-state index contributed by atoms with van der Waals surface area (Å²) >= 11 is 0. The van der Waals surface area contributed by atoms with Crippen LogP contribution in [0.25, 0.3) is 17.1 Å². The topological polar surface area (TPSA) is 101 Å². The molecule has 3 aliphatic heterocycles. The first-order valence-corrected chi connectivity index (χ1v) is 15.2. The fraction of sp³-hybridized carbons (Fsp3) is 0.562. The van der Waals surface area contributed by atoms with Gasteiger partial charge < -0.3 is 15.1 Å². The van der Waals surface area contributed by atoms with Crippen LogP contribution in [-0.2, 0) is 6.54 Å². The lowest BCUT2D eigenvalue weighted by Gasteiger charge is -2.48. The van der Waals surface area contributed by atoms with E-state index in [1.54, 1.807) is 6.07 Å². The van der Waals surface area contributed by atoms with Gasteiger partial charge in [0.25, 0.3) is 0 Å². The maximum absolute atomic E-state index is 12.8. The Morgan fingerprint density at radius 1 is 0.976 bits per heavy atom. The average molecular weight is 561 g/mol. The number of phenols is 2. The number of rotatable bonds is 6. The van der Waals surface area contributed by atoms with Crippen LogP contribution in [0.4, 0.5) is 0 Å². The Bertz CT molecular complexity index is 1410. The van der Waals surface area contributed by atoms with Crippen molar-refractivity contribution in [2.75, 3.05) is 46.3 Å². The Morgan fingerprint density at radius 3 is 2.29 bits per heavy atom. The van der Waals surface area contributed by atoms with Crippen LogP contribution in [-0.4, -0.2) is 92.0 Å². The molecule has 3 aromatic rings. The number of nitrogens with one attached hydrogen (secondary N) is 1. The molecule has 6 rings (SSSR count). The second kappa shape index (κ2) is 11.3. The third-order valence-electron chi connectivity index (χ3n) is 9.94. The van der Waals surface area contributed by atoms with E-state index >= 15 is 0 Å². The van der Waals surface area contributed by atoms with Crippen LogP contribution in [0.3, 0.4) is 0 Å². The number of piperidine rings is 2. The maximum atomic E-state index is 12.8. The van der Waals surface area contributed by atoms with E-state index in [4.69, 9.17) is 0 Å². The number of H-pyrrole nitrogens is 1. The zero-order chi connectivity index (χ0) is 28.7. The summed E-state index contributed by atoms with van der Waals surface area (Å²) in [6, 6.07) is 11.8. The SMILES string of the molecule is CC(C)c1cc(-c2n[nH]c(=O)n2-c2ccc(CN3CCC4(CC3)CCN([C@H]3CCN(C)C3)CC4)cc2)c(O)cc1O. The molecule has 1 aromatic heterocycles. The number of likely N-dealkylation sites (tertiary alicyclic amines) is 3. The number of nitrogens with zero attached hydrogens (tertiary/aromatic N) is 5. The Morgan fingerprint density at radius 2 is 1.66 bits per heavy atom. The van der Waals surface area contributed by atoms with Gasteiger partial charge in [-0.3, -0.25) is 9.80 Å². The molecule has 0 saturated carbocycles. The molecule has 9 nitrogen and oxygen atoms in total. The van der Waals surface area contributed by atoms with E-state index in [9.17, 15) is 15.0 Å². The Hall–Kier alpha value is -3.14. The minimum atomic E-state index is -0.376. The molecule has 3 saturated heterocycles. The van der Waals surface area contributed by atoms with Crippen LogP contribution in [0.5, 0.6) is 11.5 Å². The third kappa shape index (κ3) is 5.67. The quantitative estimate of drug-likeness (QED) is 0.417. The highest BCUT2D eigenvalue weighted by Crippen LogP contribution is 2.42. The van der Waals surface area contributed by atoms with Crippen LogP contribution in [0.2, 0.25) is 0 Å². The number of aromatic nitrogens is 3. The van der Waals surface area contributed by atoms with Crippen LogP contribution in [0, 0.1) is 5.41 Å². The number of hydrogen-bond donors (Lipinski definition) is 3. The summed E-state index contributed by atoms with van der Waals surface area (Å²) in [7, 11) is 2.25. The zero-order valence-corrected chi connectivity index (χ0v) is 24.6. The lowest BCUT2D eigenvalue weighted by atomic mass is 9.71. The minimum absolute atomic E-state index is 0.0289. The fourth-order valence-corrected chi connectivity index (χ4v) is 7.22. The molecule has 1 atom stereocenters. The summed E-state index contributed by atoms with van der Waals surface area (Å²) in [6.07, 6.45) is 6.57. The maximum Gasteiger partial charge on any atom is 0.348 e. The molecule has 0 bridgehead atoms. The summed E-state index contributed by atoms with van der Waals surface area (Å²) in [4.78, 5) is 20.6. The monoisotopic (exact) mass is 560 g/mol. The first-order chi connectivity index (χ1) is 19.7. The standard InChI is InChI=1S/C32H44N6O3/c1-22(2)26-18-27(29(40)19-28(26)39)30-33-34-31(41)38(30)24-6-4-23(5-7-24)20-36-14-9-32(10-15-36)11-16-37(17-12-32)25-8-13-35(3)21-25/h4-7,18-19,22,25,39-40H,8-17,20-21H2,1-3H3,(H,34,41)/t25-/m0/s1. The Labute approximate surface area is 242 Å². The molecule has 41 heavy (non-hydrogen) atoms. The molecular weight excluding hydrogens is 516 g/mol.